The normalized spacial score (nSPS) is 12.3. The molecule has 3 aromatic rings. The van der Waals surface area contributed by atoms with Gasteiger partial charge in [0.1, 0.15) is 11.5 Å². The van der Waals surface area contributed by atoms with Gasteiger partial charge in [-0.1, -0.05) is 29.8 Å². The highest BCUT2D eigenvalue weighted by atomic mass is 35.5. The summed E-state index contributed by atoms with van der Waals surface area (Å²) in [5.74, 6) is 1.24. The Hall–Kier alpha value is -2.70. The van der Waals surface area contributed by atoms with Crippen LogP contribution in [-0.2, 0) is 10.0 Å². The molecule has 7 heteroatoms. The zero-order valence-electron chi connectivity index (χ0n) is 16.4. The van der Waals surface area contributed by atoms with E-state index in [2.05, 4.69) is 0 Å². The number of nitrogens with zero attached hydrogens (tertiary/aromatic N) is 1. The summed E-state index contributed by atoms with van der Waals surface area (Å²) in [6.07, 6.45) is 0. The molecule has 0 aliphatic heterocycles. The average molecular weight is 432 g/mol. The first-order valence-corrected chi connectivity index (χ1v) is 10.8. The molecule has 0 heterocycles. The SMILES string of the molecule is COc1ccc(S(=O)(=O)N(c2cccc(Cl)c2)C(C)c2cccc(OC)c2)cc1. The smallest absolute Gasteiger partial charge is 0.264 e. The van der Waals surface area contributed by atoms with Gasteiger partial charge in [-0.25, -0.2) is 8.42 Å². The van der Waals surface area contributed by atoms with Gasteiger partial charge in [-0.15, -0.1) is 0 Å². The molecule has 152 valence electrons. The molecule has 3 rings (SSSR count). The van der Waals surface area contributed by atoms with E-state index in [-0.39, 0.29) is 4.90 Å². The fraction of sp³-hybridized carbons (Fsp3) is 0.182. The molecule has 0 spiro atoms. The van der Waals surface area contributed by atoms with E-state index in [4.69, 9.17) is 21.1 Å². The van der Waals surface area contributed by atoms with Crippen molar-refractivity contribution < 1.29 is 17.9 Å². The van der Waals surface area contributed by atoms with Crippen LogP contribution in [-0.4, -0.2) is 22.6 Å². The van der Waals surface area contributed by atoms with Gasteiger partial charge >= 0.3 is 0 Å². The molecule has 0 saturated carbocycles. The Labute approximate surface area is 176 Å². The van der Waals surface area contributed by atoms with Crippen molar-refractivity contribution in [2.75, 3.05) is 18.5 Å². The van der Waals surface area contributed by atoms with Crippen LogP contribution in [0.2, 0.25) is 5.02 Å². The van der Waals surface area contributed by atoms with Gasteiger partial charge in [0.2, 0.25) is 0 Å². The summed E-state index contributed by atoms with van der Waals surface area (Å²) in [6.45, 7) is 1.83. The summed E-state index contributed by atoms with van der Waals surface area (Å²) in [5.41, 5.74) is 1.27. The lowest BCUT2D eigenvalue weighted by Crippen LogP contribution is -2.33. The van der Waals surface area contributed by atoms with Crippen molar-refractivity contribution in [1.29, 1.82) is 0 Å². The number of ether oxygens (including phenoxy) is 2. The Morgan fingerprint density at radius 3 is 2.14 bits per heavy atom. The number of anilines is 1. The molecule has 1 unspecified atom stereocenters. The van der Waals surface area contributed by atoms with Crippen molar-refractivity contribution in [2.24, 2.45) is 0 Å². The van der Waals surface area contributed by atoms with Gasteiger partial charge in [0.05, 0.1) is 30.8 Å². The molecule has 29 heavy (non-hydrogen) atoms. The van der Waals surface area contributed by atoms with Gasteiger partial charge in [-0.05, 0) is 67.1 Å². The van der Waals surface area contributed by atoms with E-state index in [1.165, 1.54) is 23.5 Å². The highest BCUT2D eigenvalue weighted by molar-refractivity contribution is 7.92. The summed E-state index contributed by atoms with van der Waals surface area (Å²) in [4.78, 5) is 0.160. The second-order valence-corrected chi connectivity index (χ2v) is 8.66. The Morgan fingerprint density at radius 1 is 0.862 bits per heavy atom. The fourth-order valence-electron chi connectivity index (χ4n) is 3.08. The molecule has 0 amide bonds. The Balaban J connectivity index is 2.14. The molecule has 0 saturated heterocycles. The van der Waals surface area contributed by atoms with E-state index in [9.17, 15) is 8.42 Å². The van der Waals surface area contributed by atoms with Crippen LogP contribution in [0.3, 0.4) is 0 Å². The van der Waals surface area contributed by atoms with Crippen LogP contribution >= 0.6 is 11.6 Å². The topological polar surface area (TPSA) is 55.8 Å². The maximum absolute atomic E-state index is 13.6. The molecule has 0 aliphatic rings. The minimum absolute atomic E-state index is 0.160. The number of hydrogen-bond acceptors (Lipinski definition) is 4. The first-order chi connectivity index (χ1) is 13.9. The number of benzene rings is 3. The third-order valence-electron chi connectivity index (χ3n) is 4.61. The number of sulfonamides is 1. The molecule has 0 N–H and O–H groups in total. The van der Waals surface area contributed by atoms with Crippen molar-refractivity contribution in [1.82, 2.24) is 0 Å². The highest BCUT2D eigenvalue weighted by Gasteiger charge is 2.31. The fourth-order valence-corrected chi connectivity index (χ4v) is 4.90. The molecule has 5 nitrogen and oxygen atoms in total. The molecular weight excluding hydrogens is 410 g/mol. The molecule has 0 aromatic heterocycles. The maximum atomic E-state index is 13.6. The maximum Gasteiger partial charge on any atom is 0.264 e. The van der Waals surface area contributed by atoms with Gasteiger partial charge in [0, 0.05) is 5.02 Å². The lowest BCUT2D eigenvalue weighted by Gasteiger charge is -2.31. The van der Waals surface area contributed by atoms with Crippen LogP contribution in [0.1, 0.15) is 18.5 Å². The van der Waals surface area contributed by atoms with E-state index in [0.29, 0.717) is 22.2 Å². The van der Waals surface area contributed by atoms with Crippen LogP contribution < -0.4 is 13.8 Å². The second kappa shape index (κ2) is 8.76. The summed E-state index contributed by atoms with van der Waals surface area (Å²) in [7, 11) is -0.774. The van der Waals surface area contributed by atoms with Crippen molar-refractivity contribution >= 4 is 27.3 Å². The predicted molar refractivity (Wildman–Crippen MR) is 116 cm³/mol. The Kier molecular flexibility index (Phi) is 6.35. The first kappa shape index (κ1) is 21.0. The third kappa shape index (κ3) is 4.49. The molecule has 3 aromatic carbocycles. The number of halogens is 1. The van der Waals surface area contributed by atoms with Gasteiger partial charge in [-0.2, -0.15) is 0 Å². The summed E-state index contributed by atoms with van der Waals surface area (Å²) < 4.78 is 39.1. The van der Waals surface area contributed by atoms with Crippen LogP contribution in [0.25, 0.3) is 0 Å². The standard InChI is InChI=1S/C22H22ClNO4S/c1-16(17-6-4-9-21(14-17)28-3)24(19-8-5-7-18(23)15-19)29(25,26)22-12-10-20(27-2)11-13-22/h4-16H,1-3H3. The van der Waals surface area contributed by atoms with E-state index in [1.54, 1.807) is 43.5 Å². The largest absolute Gasteiger partial charge is 0.497 e. The van der Waals surface area contributed by atoms with Crippen LogP contribution in [0, 0.1) is 0 Å². The summed E-state index contributed by atoms with van der Waals surface area (Å²) in [6, 6.07) is 20.0. The first-order valence-electron chi connectivity index (χ1n) is 8.95. The Bertz CT molecular complexity index is 1080. The summed E-state index contributed by atoms with van der Waals surface area (Å²) in [5, 5.41) is 0.454. The van der Waals surface area contributed by atoms with E-state index < -0.39 is 16.1 Å². The lowest BCUT2D eigenvalue weighted by molar-refractivity contribution is 0.414. The molecular formula is C22H22ClNO4S. The van der Waals surface area contributed by atoms with Crippen molar-refractivity contribution in [3.63, 3.8) is 0 Å². The number of hydrogen-bond donors (Lipinski definition) is 0. The van der Waals surface area contributed by atoms with Crippen LogP contribution in [0.15, 0.2) is 77.7 Å². The minimum atomic E-state index is -3.88. The zero-order valence-corrected chi connectivity index (χ0v) is 17.9. The monoisotopic (exact) mass is 431 g/mol. The zero-order chi connectivity index (χ0) is 21.0. The number of methoxy groups -OCH3 is 2. The average Bonchev–Trinajstić information content (AvgIpc) is 2.73. The molecule has 0 fully saturated rings. The second-order valence-electron chi connectivity index (χ2n) is 6.41. The molecule has 0 aliphatic carbocycles. The molecule has 1 atom stereocenters. The molecule has 0 bridgehead atoms. The van der Waals surface area contributed by atoms with E-state index >= 15 is 0 Å². The van der Waals surface area contributed by atoms with E-state index in [1.807, 2.05) is 31.2 Å². The molecule has 0 radical (unpaired) electrons. The lowest BCUT2D eigenvalue weighted by atomic mass is 10.1. The minimum Gasteiger partial charge on any atom is -0.497 e. The third-order valence-corrected chi connectivity index (χ3v) is 6.75. The van der Waals surface area contributed by atoms with Crippen LogP contribution in [0.4, 0.5) is 5.69 Å². The highest BCUT2D eigenvalue weighted by Crippen LogP contribution is 2.35. The van der Waals surface area contributed by atoms with Crippen molar-refractivity contribution in [2.45, 2.75) is 17.9 Å². The quantitative estimate of drug-likeness (QED) is 0.508. The Morgan fingerprint density at radius 2 is 1.52 bits per heavy atom. The van der Waals surface area contributed by atoms with E-state index in [0.717, 1.165) is 5.56 Å². The van der Waals surface area contributed by atoms with Gasteiger partial charge in [0.15, 0.2) is 0 Å². The van der Waals surface area contributed by atoms with Crippen LogP contribution in [0.5, 0.6) is 11.5 Å². The van der Waals surface area contributed by atoms with Gasteiger partial charge < -0.3 is 9.47 Å². The van der Waals surface area contributed by atoms with Gasteiger partial charge in [-0.3, -0.25) is 4.31 Å². The van der Waals surface area contributed by atoms with Crippen molar-refractivity contribution in [3.05, 3.63) is 83.4 Å². The number of rotatable bonds is 7. The van der Waals surface area contributed by atoms with Crippen molar-refractivity contribution in [3.8, 4) is 11.5 Å². The van der Waals surface area contributed by atoms with Gasteiger partial charge in [0.25, 0.3) is 10.0 Å². The summed E-state index contributed by atoms with van der Waals surface area (Å²) >= 11 is 6.16. The predicted octanol–water partition coefficient (Wildman–Crippen LogP) is 5.31.